The number of anilines is 3. The molecule has 14 rings (SSSR count). The first kappa shape index (κ1) is 36.3. The summed E-state index contributed by atoms with van der Waals surface area (Å²) in [5.74, 6) is 0. The minimum atomic E-state index is -0.643. The highest BCUT2D eigenvalue weighted by Gasteiger charge is 2.47. The summed E-state index contributed by atoms with van der Waals surface area (Å²) in [6, 6.07) is 84.8. The van der Waals surface area contributed by atoms with Gasteiger partial charge in [-0.3, -0.25) is 0 Å². The van der Waals surface area contributed by atoms with Crippen LogP contribution in [-0.2, 0) is 5.41 Å². The zero-order valence-corrected chi connectivity index (χ0v) is 36.0. The van der Waals surface area contributed by atoms with Crippen LogP contribution in [0.2, 0.25) is 0 Å². The zero-order chi connectivity index (χ0) is 42.6. The van der Waals surface area contributed by atoms with E-state index >= 15 is 0 Å². The van der Waals surface area contributed by atoms with Crippen LogP contribution in [0.3, 0.4) is 0 Å². The lowest BCUT2D eigenvalue weighted by Crippen LogP contribution is -2.29. The van der Waals surface area contributed by atoms with Crippen molar-refractivity contribution >= 4 is 92.3 Å². The Morgan fingerprint density at radius 1 is 0.400 bits per heavy atom. The Hall–Kier alpha value is -8.18. The van der Waals surface area contributed by atoms with Crippen LogP contribution in [0.1, 0.15) is 22.3 Å². The SMILES string of the molecule is c1ccc(C2(c3ccccc3)c3cc(N(c4ccc5c(c4)oc4ccccc45)c4cccc5c4sc4ccccc45)ccc3-c3ccc(-n4c5ccccc5c5ccccc54)cc32)cc1. The van der Waals surface area contributed by atoms with E-state index in [9.17, 15) is 0 Å². The van der Waals surface area contributed by atoms with Crippen molar-refractivity contribution in [2.75, 3.05) is 4.90 Å². The zero-order valence-electron chi connectivity index (χ0n) is 35.2. The van der Waals surface area contributed by atoms with Crippen molar-refractivity contribution in [3.8, 4) is 16.8 Å². The molecular formula is C61H38N2OS. The Morgan fingerprint density at radius 2 is 0.954 bits per heavy atom. The highest BCUT2D eigenvalue weighted by Crippen LogP contribution is 2.58. The van der Waals surface area contributed by atoms with Crippen LogP contribution in [0, 0.1) is 0 Å². The number of hydrogen-bond acceptors (Lipinski definition) is 3. The van der Waals surface area contributed by atoms with Crippen molar-refractivity contribution in [3.63, 3.8) is 0 Å². The molecule has 0 spiro atoms. The molecule has 0 N–H and O–H groups in total. The summed E-state index contributed by atoms with van der Waals surface area (Å²) in [5.41, 5.74) is 15.3. The molecule has 0 atom stereocenters. The van der Waals surface area contributed by atoms with Gasteiger partial charge in [-0.05, 0) is 100 Å². The maximum Gasteiger partial charge on any atom is 0.137 e. The van der Waals surface area contributed by atoms with Gasteiger partial charge in [-0.25, -0.2) is 0 Å². The molecule has 0 amide bonds. The van der Waals surface area contributed by atoms with Crippen molar-refractivity contribution < 1.29 is 4.42 Å². The standard InChI is InChI=1S/C61H38N2OS/c1-3-16-39(17-4-1)61(40-18-5-2-6-19-40)52-36-41(30-33-44(52)45-34-31-42(37-53(45)61)63-54-25-11-7-20-46(54)47-21-8-12-26-55(47)63)62(43-32-35-49-48-22-9-13-28-57(48)64-58(49)38-43)56-27-15-24-51-50-23-10-14-29-59(50)65-60(51)56/h1-38H. The van der Waals surface area contributed by atoms with Crippen molar-refractivity contribution in [2.45, 2.75) is 5.41 Å². The second-order valence-corrected chi connectivity index (χ2v) is 18.2. The Kier molecular flexibility index (Phi) is 7.77. The van der Waals surface area contributed by atoms with E-state index in [0.29, 0.717) is 0 Å². The Bertz CT molecular complexity index is 3930. The number of thiophene rings is 1. The molecule has 0 saturated carbocycles. The maximum atomic E-state index is 6.58. The Labute approximate surface area is 379 Å². The fourth-order valence-electron chi connectivity index (χ4n) is 11.1. The average molecular weight is 847 g/mol. The number of aromatic nitrogens is 1. The molecule has 10 aromatic carbocycles. The van der Waals surface area contributed by atoms with Crippen molar-refractivity contribution in [1.29, 1.82) is 0 Å². The molecule has 4 heteroatoms. The van der Waals surface area contributed by atoms with Crippen LogP contribution in [0.15, 0.2) is 235 Å². The van der Waals surface area contributed by atoms with Gasteiger partial charge < -0.3 is 13.9 Å². The number of furan rings is 1. The Morgan fingerprint density at radius 3 is 1.69 bits per heavy atom. The van der Waals surface area contributed by atoms with E-state index in [2.05, 4.69) is 234 Å². The van der Waals surface area contributed by atoms with Crippen LogP contribution in [0.4, 0.5) is 17.1 Å². The van der Waals surface area contributed by atoms with Gasteiger partial charge in [0.05, 0.1) is 26.8 Å². The minimum absolute atomic E-state index is 0.643. The number of para-hydroxylation sites is 3. The molecule has 304 valence electrons. The highest BCUT2D eigenvalue weighted by molar-refractivity contribution is 7.26. The largest absolute Gasteiger partial charge is 0.456 e. The Balaban J connectivity index is 1.06. The third-order valence-corrected chi connectivity index (χ3v) is 15.1. The van der Waals surface area contributed by atoms with Gasteiger partial charge in [0.25, 0.3) is 0 Å². The molecule has 0 unspecified atom stereocenters. The fourth-order valence-corrected chi connectivity index (χ4v) is 12.3. The summed E-state index contributed by atoms with van der Waals surface area (Å²) in [6.45, 7) is 0. The van der Waals surface area contributed by atoms with E-state index in [1.807, 2.05) is 17.4 Å². The topological polar surface area (TPSA) is 21.3 Å². The van der Waals surface area contributed by atoms with E-state index in [4.69, 9.17) is 4.42 Å². The van der Waals surface area contributed by atoms with Crippen LogP contribution in [0.5, 0.6) is 0 Å². The van der Waals surface area contributed by atoms with E-state index in [-0.39, 0.29) is 0 Å². The molecule has 3 aromatic heterocycles. The number of nitrogens with zero attached hydrogens (tertiary/aromatic N) is 2. The van der Waals surface area contributed by atoms with Crippen LogP contribution in [0.25, 0.3) is 80.7 Å². The van der Waals surface area contributed by atoms with Crippen LogP contribution >= 0.6 is 11.3 Å². The molecule has 65 heavy (non-hydrogen) atoms. The minimum Gasteiger partial charge on any atom is -0.456 e. The lowest BCUT2D eigenvalue weighted by Gasteiger charge is -2.35. The number of hydrogen-bond donors (Lipinski definition) is 0. The van der Waals surface area contributed by atoms with Gasteiger partial charge in [0.15, 0.2) is 0 Å². The summed E-state index contributed by atoms with van der Waals surface area (Å²) in [6.07, 6.45) is 0. The third kappa shape index (κ3) is 5.17. The molecule has 1 aliphatic rings. The molecule has 3 heterocycles. The van der Waals surface area contributed by atoms with Gasteiger partial charge >= 0.3 is 0 Å². The van der Waals surface area contributed by atoms with E-state index < -0.39 is 5.41 Å². The lowest BCUT2D eigenvalue weighted by atomic mass is 9.67. The van der Waals surface area contributed by atoms with Crippen molar-refractivity contribution in [1.82, 2.24) is 4.57 Å². The van der Waals surface area contributed by atoms with Gasteiger partial charge in [0.1, 0.15) is 11.2 Å². The first-order valence-electron chi connectivity index (χ1n) is 22.2. The fraction of sp³-hybridized carbons (Fsp3) is 0.0164. The van der Waals surface area contributed by atoms with Gasteiger partial charge in [-0.2, -0.15) is 0 Å². The first-order valence-corrected chi connectivity index (χ1v) is 23.1. The second-order valence-electron chi connectivity index (χ2n) is 17.2. The van der Waals surface area contributed by atoms with E-state index in [0.717, 1.165) is 44.7 Å². The molecule has 3 nitrogen and oxygen atoms in total. The molecule has 0 fully saturated rings. The summed E-state index contributed by atoms with van der Waals surface area (Å²) in [4.78, 5) is 2.46. The van der Waals surface area contributed by atoms with Gasteiger partial charge in [0, 0.05) is 60.1 Å². The maximum absolute atomic E-state index is 6.58. The molecule has 0 radical (unpaired) electrons. The monoisotopic (exact) mass is 846 g/mol. The van der Waals surface area contributed by atoms with Crippen LogP contribution in [-0.4, -0.2) is 4.57 Å². The third-order valence-electron chi connectivity index (χ3n) is 13.9. The molecule has 0 bridgehead atoms. The molecule has 1 aliphatic carbocycles. The highest BCUT2D eigenvalue weighted by atomic mass is 32.1. The number of benzene rings is 10. The predicted octanol–water partition coefficient (Wildman–Crippen LogP) is 16.9. The van der Waals surface area contributed by atoms with Gasteiger partial charge in [0.2, 0.25) is 0 Å². The van der Waals surface area contributed by atoms with Gasteiger partial charge in [-0.1, -0.05) is 158 Å². The van der Waals surface area contributed by atoms with Crippen LogP contribution < -0.4 is 4.90 Å². The summed E-state index contributed by atoms with van der Waals surface area (Å²) < 4.78 is 11.6. The summed E-state index contributed by atoms with van der Waals surface area (Å²) >= 11 is 1.86. The first-order chi connectivity index (χ1) is 32.2. The molecule has 0 aliphatic heterocycles. The average Bonchev–Trinajstić information content (AvgIpc) is 4.11. The van der Waals surface area contributed by atoms with Crippen molar-refractivity contribution in [3.05, 3.63) is 253 Å². The second kappa shape index (κ2) is 13.9. The summed E-state index contributed by atoms with van der Waals surface area (Å²) in [7, 11) is 0. The van der Waals surface area contributed by atoms with E-state index in [1.165, 1.54) is 75.4 Å². The summed E-state index contributed by atoms with van der Waals surface area (Å²) in [5, 5.41) is 7.27. The molecular weight excluding hydrogens is 809 g/mol. The number of rotatable bonds is 6. The van der Waals surface area contributed by atoms with E-state index in [1.54, 1.807) is 0 Å². The molecule has 0 saturated heterocycles. The lowest BCUT2D eigenvalue weighted by molar-refractivity contribution is 0.669. The quantitative estimate of drug-likeness (QED) is 0.166. The van der Waals surface area contributed by atoms with Gasteiger partial charge in [-0.15, -0.1) is 11.3 Å². The smallest absolute Gasteiger partial charge is 0.137 e. The predicted molar refractivity (Wildman–Crippen MR) is 273 cm³/mol. The molecule has 13 aromatic rings. The number of fused-ring (bicyclic) bond motifs is 12. The normalized spacial score (nSPS) is 13.0. The van der Waals surface area contributed by atoms with Crippen molar-refractivity contribution in [2.24, 2.45) is 0 Å².